The molecule has 1 heterocycles. The number of piperidine rings is 1. The molecule has 4 heteroatoms. The van der Waals surface area contributed by atoms with Gasteiger partial charge in [0.1, 0.15) is 0 Å². The molecule has 0 spiro atoms. The summed E-state index contributed by atoms with van der Waals surface area (Å²) < 4.78 is 0. The third-order valence-corrected chi connectivity index (χ3v) is 4.22. The standard InChI is InChI=1S/C18H28N2O2/c1-18(2,3)14-5-4-6-15(13-14)19-17(22)9-12-20-10-7-16(21)8-11-20/h4-6,13,16,21H,7-12H2,1-3H3,(H,19,22). The maximum atomic E-state index is 12.1. The summed E-state index contributed by atoms with van der Waals surface area (Å²) in [5.41, 5.74) is 2.16. The predicted octanol–water partition coefficient (Wildman–Crippen LogP) is 2.77. The highest BCUT2D eigenvalue weighted by atomic mass is 16.3. The molecular formula is C18H28N2O2. The lowest BCUT2D eigenvalue weighted by molar-refractivity contribution is -0.116. The number of amides is 1. The van der Waals surface area contributed by atoms with E-state index < -0.39 is 0 Å². The van der Waals surface area contributed by atoms with Crippen molar-refractivity contribution in [2.24, 2.45) is 0 Å². The summed E-state index contributed by atoms with van der Waals surface area (Å²) in [7, 11) is 0. The van der Waals surface area contributed by atoms with Gasteiger partial charge in [0.25, 0.3) is 0 Å². The van der Waals surface area contributed by atoms with E-state index in [4.69, 9.17) is 0 Å². The van der Waals surface area contributed by atoms with Crippen molar-refractivity contribution in [3.63, 3.8) is 0 Å². The summed E-state index contributed by atoms with van der Waals surface area (Å²) in [5, 5.41) is 12.5. The monoisotopic (exact) mass is 304 g/mol. The van der Waals surface area contributed by atoms with Gasteiger partial charge in [0, 0.05) is 31.7 Å². The van der Waals surface area contributed by atoms with E-state index in [1.54, 1.807) is 0 Å². The normalized spacial score (nSPS) is 17.5. The molecule has 22 heavy (non-hydrogen) atoms. The lowest BCUT2D eigenvalue weighted by atomic mass is 9.87. The summed E-state index contributed by atoms with van der Waals surface area (Å²) in [5.74, 6) is 0.0529. The first-order chi connectivity index (χ1) is 10.3. The minimum absolute atomic E-state index is 0.0529. The van der Waals surface area contributed by atoms with Crippen molar-refractivity contribution < 1.29 is 9.90 Å². The lowest BCUT2D eigenvalue weighted by Crippen LogP contribution is -2.37. The van der Waals surface area contributed by atoms with Crippen LogP contribution in [0.5, 0.6) is 0 Å². The molecular weight excluding hydrogens is 276 g/mol. The molecule has 0 unspecified atom stereocenters. The number of likely N-dealkylation sites (tertiary alicyclic amines) is 1. The number of aliphatic hydroxyl groups excluding tert-OH is 1. The minimum Gasteiger partial charge on any atom is -0.393 e. The van der Waals surface area contributed by atoms with Crippen molar-refractivity contribution in [3.05, 3.63) is 29.8 Å². The fourth-order valence-corrected chi connectivity index (χ4v) is 2.69. The molecule has 1 aliphatic heterocycles. The smallest absolute Gasteiger partial charge is 0.225 e. The second-order valence-electron chi connectivity index (χ2n) is 7.20. The van der Waals surface area contributed by atoms with Gasteiger partial charge in [-0.2, -0.15) is 0 Å². The summed E-state index contributed by atoms with van der Waals surface area (Å²) in [6.45, 7) is 9.02. The molecule has 1 aliphatic rings. The van der Waals surface area contributed by atoms with Gasteiger partial charge in [-0.1, -0.05) is 32.9 Å². The average Bonchev–Trinajstić information content (AvgIpc) is 2.46. The summed E-state index contributed by atoms with van der Waals surface area (Å²) in [6.07, 6.45) is 1.96. The van der Waals surface area contributed by atoms with E-state index in [9.17, 15) is 9.90 Å². The minimum atomic E-state index is -0.162. The molecule has 1 amide bonds. The third kappa shape index (κ3) is 5.11. The van der Waals surface area contributed by atoms with Crippen LogP contribution in [-0.4, -0.2) is 41.7 Å². The van der Waals surface area contributed by atoms with Crippen LogP contribution in [0.2, 0.25) is 0 Å². The number of nitrogens with zero attached hydrogens (tertiary/aromatic N) is 1. The first-order valence-corrected chi connectivity index (χ1v) is 8.15. The van der Waals surface area contributed by atoms with Crippen molar-refractivity contribution in [2.75, 3.05) is 25.0 Å². The Balaban J connectivity index is 1.82. The van der Waals surface area contributed by atoms with Gasteiger partial charge in [0.15, 0.2) is 0 Å². The molecule has 0 aliphatic carbocycles. The van der Waals surface area contributed by atoms with Crippen LogP contribution < -0.4 is 5.32 Å². The number of nitrogens with one attached hydrogen (secondary N) is 1. The number of rotatable bonds is 4. The van der Waals surface area contributed by atoms with Crippen molar-refractivity contribution in [3.8, 4) is 0 Å². The molecule has 1 fully saturated rings. The molecule has 2 rings (SSSR count). The zero-order valence-electron chi connectivity index (χ0n) is 13.9. The highest BCUT2D eigenvalue weighted by Gasteiger charge is 2.18. The predicted molar refractivity (Wildman–Crippen MR) is 90.1 cm³/mol. The fraction of sp³-hybridized carbons (Fsp3) is 0.611. The van der Waals surface area contributed by atoms with Gasteiger partial charge in [-0.05, 0) is 36.0 Å². The van der Waals surface area contributed by atoms with Crippen LogP contribution in [-0.2, 0) is 10.2 Å². The molecule has 0 saturated carbocycles. The van der Waals surface area contributed by atoms with E-state index in [1.807, 2.05) is 12.1 Å². The van der Waals surface area contributed by atoms with Crippen LogP contribution in [0.4, 0.5) is 5.69 Å². The van der Waals surface area contributed by atoms with Gasteiger partial charge in [-0.25, -0.2) is 0 Å². The van der Waals surface area contributed by atoms with Gasteiger partial charge in [0.2, 0.25) is 5.91 Å². The quantitative estimate of drug-likeness (QED) is 0.899. The van der Waals surface area contributed by atoms with Crippen LogP contribution >= 0.6 is 0 Å². The largest absolute Gasteiger partial charge is 0.393 e. The average molecular weight is 304 g/mol. The maximum absolute atomic E-state index is 12.1. The van der Waals surface area contributed by atoms with Crippen molar-refractivity contribution in [2.45, 2.75) is 51.6 Å². The number of anilines is 1. The van der Waals surface area contributed by atoms with Gasteiger partial charge in [0.05, 0.1) is 6.10 Å². The number of benzene rings is 1. The third-order valence-electron chi connectivity index (χ3n) is 4.22. The Labute approximate surface area is 133 Å². The molecule has 122 valence electrons. The fourth-order valence-electron chi connectivity index (χ4n) is 2.69. The van der Waals surface area contributed by atoms with Gasteiger partial charge in [-0.3, -0.25) is 4.79 Å². The zero-order chi connectivity index (χ0) is 16.2. The van der Waals surface area contributed by atoms with Crippen molar-refractivity contribution in [1.82, 2.24) is 4.90 Å². The first kappa shape index (κ1) is 17.0. The number of hydrogen-bond donors (Lipinski definition) is 2. The lowest BCUT2D eigenvalue weighted by Gasteiger charge is -2.29. The molecule has 1 aromatic rings. The maximum Gasteiger partial charge on any atom is 0.225 e. The Bertz CT molecular complexity index is 500. The van der Waals surface area contributed by atoms with Gasteiger partial charge < -0.3 is 15.3 Å². The van der Waals surface area contributed by atoms with E-state index in [-0.39, 0.29) is 17.4 Å². The Morgan fingerprint density at radius 1 is 1.32 bits per heavy atom. The van der Waals surface area contributed by atoms with Crippen molar-refractivity contribution in [1.29, 1.82) is 0 Å². The SMILES string of the molecule is CC(C)(C)c1cccc(NC(=O)CCN2CCC(O)CC2)c1. The molecule has 0 atom stereocenters. The van der Waals surface area contributed by atoms with E-state index in [0.717, 1.165) is 38.2 Å². The number of carbonyl (C=O) groups is 1. The Morgan fingerprint density at radius 2 is 2.00 bits per heavy atom. The highest BCUT2D eigenvalue weighted by molar-refractivity contribution is 5.90. The molecule has 0 aromatic heterocycles. The second-order valence-corrected chi connectivity index (χ2v) is 7.20. The Kier molecular flexibility index (Phi) is 5.59. The molecule has 4 nitrogen and oxygen atoms in total. The van der Waals surface area contributed by atoms with E-state index in [0.29, 0.717) is 6.42 Å². The highest BCUT2D eigenvalue weighted by Crippen LogP contribution is 2.24. The topological polar surface area (TPSA) is 52.6 Å². The molecule has 1 saturated heterocycles. The van der Waals surface area contributed by atoms with Crippen LogP contribution in [0.25, 0.3) is 0 Å². The summed E-state index contributed by atoms with van der Waals surface area (Å²) in [4.78, 5) is 14.3. The van der Waals surface area contributed by atoms with Crippen LogP contribution in [0, 0.1) is 0 Å². The number of hydrogen-bond acceptors (Lipinski definition) is 3. The van der Waals surface area contributed by atoms with Gasteiger partial charge >= 0.3 is 0 Å². The van der Waals surface area contributed by atoms with Crippen LogP contribution in [0.15, 0.2) is 24.3 Å². The first-order valence-electron chi connectivity index (χ1n) is 8.15. The van der Waals surface area contributed by atoms with E-state index in [2.05, 4.69) is 43.1 Å². The Morgan fingerprint density at radius 3 is 2.64 bits per heavy atom. The molecule has 1 aromatic carbocycles. The van der Waals surface area contributed by atoms with E-state index >= 15 is 0 Å². The van der Waals surface area contributed by atoms with Gasteiger partial charge in [-0.15, -0.1) is 0 Å². The van der Waals surface area contributed by atoms with Crippen molar-refractivity contribution >= 4 is 11.6 Å². The van der Waals surface area contributed by atoms with Crippen LogP contribution in [0.3, 0.4) is 0 Å². The second kappa shape index (κ2) is 7.25. The van der Waals surface area contributed by atoms with Crippen LogP contribution in [0.1, 0.15) is 45.6 Å². The number of carbonyl (C=O) groups excluding carboxylic acids is 1. The summed E-state index contributed by atoms with van der Waals surface area (Å²) in [6, 6.07) is 8.07. The molecule has 0 radical (unpaired) electrons. The number of aliphatic hydroxyl groups is 1. The zero-order valence-corrected chi connectivity index (χ0v) is 13.9. The summed E-state index contributed by atoms with van der Waals surface area (Å²) >= 11 is 0. The van der Waals surface area contributed by atoms with E-state index in [1.165, 1.54) is 5.56 Å². The molecule has 2 N–H and O–H groups in total. The Hall–Kier alpha value is -1.39. The molecule has 0 bridgehead atoms.